The molecule has 0 aliphatic carbocycles. The molecule has 4 aromatic rings. The van der Waals surface area contributed by atoms with Gasteiger partial charge in [-0.15, -0.1) is 0 Å². The molecule has 1 aromatic heterocycles. The first-order valence-corrected chi connectivity index (χ1v) is 11.8. The van der Waals surface area contributed by atoms with Crippen molar-refractivity contribution in [2.45, 2.75) is 32.8 Å². The number of nitrogens with one attached hydrogen (secondary N) is 2. The number of aliphatic hydroxyl groups excluding tert-OH is 1. The molecule has 3 aromatic carbocycles. The second-order valence-electron chi connectivity index (χ2n) is 9.62. The van der Waals surface area contributed by atoms with Crippen LogP contribution in [-0.4, -0.2) is 37.0 Å². The van der Waals surface area contributed by atoms with Crippen LogP contribution in [-0.2, 0) is 12.0 Å². The maximum absolute atomic E-state index is 13.0. The average Bonchev–Trinajstić information content (AvgIpc) is 2.88. The fraction of sp³-hybridized carbons (Fsp3) is 0.179. The largest absolute Gasteiger partial charge is 0.478 e. The zero-order valence-corrected chi connectivity index (χ0v) is 21.2. The number of amides is 1. The molecule has 0 aliphatic heterocycles. The van der Waals surface area contributed by atoms with Gasteiger partial charge in [0.15, 0.2) is 5.82 Å². The minimum atomic E-state index is -1.07. The molecule has 0 saturated heterocycles. The molecule has 6 N–H and O–H groups in total. The summed E-state index contributed by atoms with van der Waals surface area (Å²) in [5.74, 6) is -1.21. The fourth-order valence-corrected chi connectivity index (χ4v) is 3.83. The van der Waals surface area contributed by atoms with Crippen molar-refractivity contribution in [1.29, 1.82) is 0 Å². The lowest BCUT2D eigenvalue weighted by atomic mass is 9.86. The Bertz CT molecular complexity index is 1500. The number of anilines is 4. The summed E-state index contributed by atoms with van der Waals surface area (Å²) < 4.78 is 0. The molecule has 38 heavy (non-hydrogen) atoms. The molecule has 0 bridgehead atoms. The van der Waals surface area contributed by atoms with Gasteiger partial charge in [-0.3, -0.25) is 4.79 Å². The molecule has 4 rings (SSSR count). The van der Waals surface area contributed by atoms with E-state index in [0.29, 0.717) is 28.1 Å². The van der Waals surface area contributed by atoms with Gasteiger partial charge in [-0.1, -0.05) is 51.1 Å². The number of carbonyl (C=O) groups is 2. The molecule has 1 amide bonds. The standard InChI is InChI=1S/C28H28N6O4/c1-28(2,3)18-12-10-16(11-13-18)24(36)31-22-9-5-8-20(21(22)15-35)23-32-26(29)34-27(33-23)30-19-7-4-6-17(14-19)25(37)38/h4-14,35H,15H2,1-3H3,(H,31,36)(H,37,38)(H3,29,30,32,33,34). The van der Waals surface area contributed by atoms with E-state index in [0.717, 1.165) is 5.56 Å². The fourth-order valence-electron chi connectivity index (χ4n) is 3.83. The van der Waals surface area contributed by atoms with Crippen LogP contribution >= 0.6 is 0 Å². The average molecular weight is 513 g/mol. The second kappa shape index (κ2) is 10.7. The molecule has 0 atom stereocenters. The second-order valence-corrected chi connectivity index (χ2v) is 9.62. The van der Waals surface area contributed by atoms with Gasteiger partial charge in [-0.25, -0.2) is 4.79 Å². The van der Waals surface area contributed by atoms with Crippen LogP contribution < -0.4 is 16.4 Å². The van der Waals surface area contributed by atoms with Crippen LogP contribution in [0.25, 0.3) is 11.4 Å². The molecule has 0 radical (unpaired) electrons. The van der Waals surface area contributed by atoms with E-state index >= 15 is 0 Å². The SMILES string of the molecule is CC(C)(C)c1ccc(C(=O)Nc2cccc(-c3nc(N)nc(Nc4cccc(C(=O)O)c4)n3)c2CO)cc1. The molecule has 0 unspecified atom stereocenters. The Morgan fingerprint density at radius 2 is 1.63 bits per heavy atom. The first-order chi connectivity index (χ1) is 18.0. The number of rotatable bonds is 7. The van der Waals surface area contributed by atoms with Crippen molar-refractivity contribution in [3.63, 3.8) is 0 Å². The van der Waals surface area contributed by atoms with Crippen molar-refractivity contribution in [2.24, 2.45) is 0 Å². The molecular weight excluding hydrogens is 484 g/mol. The van der Waals surface area contributed by atoms with Crippen molar-refractivity contribution in [2.75, 3.05) is 16.4 Å². The Labute approximate surface area is 219 Å². The molecule has 194 valence electrons. The summed E-state index contributed by atoms with van der Waals surface area (Å²) in [5, 5.41) is 25.2. The van der Waals surface area contributed by atoms with E-state index in [-0.39, 0.29) is 34.6 Å². The van der Waals surface area contributed by atoms with Gasteiger partial charge in [0.25, 0.3) is 5.91 Å². The predicted molar refractivity (Wildman–Crippen MR) is 145 cm³/mol. The van der Waals surface area contributed by atoms with Crippen LogP contribution in [0.4, 0.5) is 23.3 Å². The number of carboxylic acid groups (broad SMARTS) is 1. The Hall–Kier alpha value is -4.83. The quantitative estimate of drug-likeness (QED) is 0.238. The number of carbonyl (C=O) groups excluding carboxylic acids is 1. The van der Waals surface area contributed by atoms with E-state index in [1.54, 1.807) is 42.5 Å². The maximum atomic E-state index is 13.0. The minimum absolute atomic E-state index is 0.0352. The summed E-state index contributed by atoms with van der Waals surface area (Å²) in [4.78, 5) is 37.0. The number of aromatic nitrogens is 3. The molecule has 1 heterocycles. The summed E-state index contributed by atoms with van der Waals surface area (Å²) in [6.45, 7) is 5.90. The lowest BCUT2D eigenvalue weighted by Gasteiger charge is -2.19. The van der Waals surface area contributed by atoms with Gasteiger partial charge in [0.05, 0.1) is 12.2 Å². The number of aliphatic hydroxyl groups is 1. The van der Waals surface area contributed by atoms with Crippen molar-refractivity contribution >= 4 is 35.1 Å². The van der Waals surface area contributed by atoms with Crippen molar-refractivity contribution in [1.82, 2.24) is 15.0 Å². The first kappa shape index (κ1) is 26.2. The van der Waals surface area contributed by atoms with Crippen LogP contribution in [0.3, 0.4) is 0 Å². The van der Waals surface area contributed by atoms with E-state index in [1.165, 1.54) is 12.1 Å². The highest BCUT2D eigenvalue weighted by molar-refractivity contribution is 6.05. The van der Waals surface area contributed by atoms with E-state index in [9.17, 15) is 19.8 Å². The third kappa shape index (κ3) is 5.93. The lowest BCUT2D eigenvalue weighted by Crippen LogP contribution is -2.15. The summed E-state index contributed by atoms with van der Waals surface area (Å²) in [6.07, 6.45) is 0. The van der Waals surface area contributed by atoms with E-state index in [4.69, 9.17) is 5.73 Å². The zero-order valence-electron chi connectivity index (χ0n) is 21.2. The van der Waals surface area contributed by atoms with E-state index in [2.05, 4.69) is 46.4 Å². The van der Waals surface area contributed by atoms with Gasteiger partial charge in [0.2, 0.25) is 11.9 Å². The van der Waals surface area contributed by atoms with Crippen LogP contribution in [0.15, 0.2) is 66.7 Å². The number of nitrogens with two attached hydrogens (primary N) is 1. The molecule has 10 heteroatoms. The maximum Gasteiger partial charge on any atom is 0.335 e. The third-order valence-electron chi connectivity index (χ3n) is 5.85. The van der Waals surface area contributed by atoms with Gasteiger partial charge >= 0.3 is 5.97 Å². The van der Waals surface area contributed by atoms with E-state index in [1.807, 2.05) is 12.1 Å². The third-order valence-corrected chi connectivity index (χ3v) is 5.85. The summed E-state index contributed by atoms with van der Waals surface area (Å²) in [5.41, 5.74) is 9.27. The monoisotopic (exact) mass is 512 g/mol. The molecule has 0 aliphatic rings. The highest BCUT2D eigenvalue weighted by Gasteiger charge is 2.18. The van der Waals surface area contributed by atoms with Gasteiger partial charge in [0, 0.05) is 28.1 Å². The number of nitrogens with zero attached hydrogens (tertiary/aromatic N) is 3. The number of nitrogen functional groups attached to an aromatic ring is 1. The summed E-state index contributed by atoms with van der Waals surface area (Å²) in [7, 11) is 0. The molecule has 0 fully saturated rings. The first-order valence-electron chi connectivity index (χ1n) is 11.8. The summed E-state index contributed by atoms with van der Waals surface area (Å²) >= 11 is 0. The summed E-state index contributed by atoms with van der Waals surface area (Å²) in [6, 6.07) is 18.6. The number of carboxylic acids is 1. The topological polar surface area (TPSA) is 163 Å². The van der Waals surface area contributed by atoms with Crippen LogP contribution in [0.1, 0.15) is 52.6 Å². The predicted octanol–water partition coefficient (Wildman–Crippen LogP) is 4.60. The Morgan fingerprint density at radius 1 is 0.921 bits per heavy atom. The molecular formula is C28H28N6O4. The van der Waals surface area contributed by atoms with E-state index < -0.39 is 12.6 Å². The van der Waals surface area contributed by atoms with Crippen LogP contribution in [0.5, 0.6) is 0 Å². The number of benzene rings is 3. The van der Waals surface area contributed by atoms with Gasteiger partial charge in [-0.2, -0.15) is 15.0 Å². The van der Waals surface area contributed by atoms with Gasteiger partial charge in [-0.05, 0) is 47.4 Å². The molecule has 10 nitrogen and oxygen atoms in total. The highest BCUT2D eigenvalue weighted by Crippen LogP contribution is 2.29. The zero-order chi connectivity index (χ0) is 27.4. The molecule has 0 spiro atoms. The Morgan fingerprint density at radius 3 is 2.29 bits per heavy atom. The Kier molecular flexibility index (Phi) is 7.35. The number of aromatic carboxylic acids is 1. The van der Waals surface area contributed by atoms with Crippen molar-refractivity contribution < 1.29 is 19.8 Å². The minimum Gasteiger partial charge on any atom is -0.478 e. The van der Waals surface area contributed by atoms with Gasteiger partial charge in [0.1, 0.15) is 0 Å². The molecule has 0 saturated carbocycles. The smallest absolute Gasteiger partial charge is 0.335 e. The van der Waals surface area contributed by atoms with Crippen LogP contribution in [0.2, 0.25) is 0 Å². The Balaban J connectivity index is 1.63. The van der Waals surface area contributed by atoms with Crippen LogP contribution in [0, 0.1) is 0 Å². The number of hydrogen-bond donors (Lipinski definition) is 5. The van der Waals surface area contributed by atoms with Crippen molar-refractivity contribution in [3.05, 3.63) is 89.0 Å². The highest BCUT2D eigenvalue weighted by atomic mass is 16.4. The van der Waals surface area contributed by atoms with Gasteiger partial charge < -0.3 is 26.6 Å². The number of hydrogen-bond acceptors (Lipinski definition) is 8. The lowest BCUT2D eigenvalue weighted by molar-refractivity contribution is 0.0696. The normalized spacial score (nSPS) is 11.2. The van der Waals surface area contributed by atoms with Crippen molar-refractivity contribution in [3.8, 4) is 11.4 Å².